The summed E-state index contributed by atoms with van der Waals surface area (Å²) in [4.78, 5) is 12.1. The molecule has 1 heterocycles. The second-order valence-electron chi connectivity index (χ2n) is 4.88. The van der Waals surface area contributed by atoms with E-state index in [0.29, 0.717) is 17.3 Å². The Morgan fingerprint density at radius 3 is 2.59 bits per heavy atom. The first-order chi connectivity index (χ1) is 7.80. The van der Waals surface area contributed by atoms with Crippen molar-refractivity contribution < 1.29 is 4.79 Å². The third kappa shape index (κ3) is 3.01. The standard InChI is InChI=1S/C12H20ClN3O/c1-8(2)12(3,7-14)15-11(17)10-5-9(13)6-16(10)4/h5-6,8H,7,14H2,1-4H3,(H,15,17). The van der Waals surface area contributed by atoms with Gasteiger partial charge in [-0.3, -0.25) is 4.79 Å². The Labute approximate surface area is 107 Å². The lowest BCUT2D eigenvalue weighted by Gasteiger charge is -2.33. The minimum Gasteiger partial charge on any atom is -0.345 e. The lowest BCUT2D eigenvalue weighted by molar-refractivity contribution is 0.0875. The molecule has 17 heavy (non-hydrogen) atoms. The van der Waals surface area contributed by atoms with Gasteiger partial charge in [0.05, 0.1) is 10.6 Å². The number of rotatable bonds is 4. The highest BCUT2D eigenvalue weighted by atomic mass is 35.5. The molecule has 1 atom stereocenters. The van der Waals surface area contributed by atoms with Gasteiger partial charge in [-0.25, -0.2) is 0 Å². The molecule has 0 saturated heterocycles. The van der Waals surface area contributed by atoms with Crippen molar-refractivity contribution in [2.24, 2.45) is 18.7 Å². The van der Waals surface area contributed by atoms with Crippen LogP contribution in [0, 0.1) is 5.92 Å². The number of aromatic nitrogens is 1. The Bertz CT molecular complexity index is 414. The van der Waals surface area contributed by atoms with Crippen LogP contribution >= 0.6 is 11.6 Å². The van der Waals surface area contributed by atoms with Crippen LogP contribution in [0.1, 0.15) is 31.3 Å². The molecule has 96 valence electrons. The molecule has 3 N–H and O–H groups in total. The number of nitrogens with zero attached hydrogens (tertiary/aromatic N) is 1. The van der Waals surface area contributed by atoms with Crippen molar-refractivity contribution >= 4 is 17.5 Å². The van der Waals surface area contributed by atoms with Crippen LogP contribution in [0.5, 0.6) is 0 Å². The summed E-state index contributed by atoms with van der Waals surface area (Å²) in [7, 11) is 1.79. The molecule has 1 aromatic rings. The Kier molecular flexibility index (Phi) is 4.22. The van der Waals surface area contributed by atoms with Crippen LogP contribution in [0.4, 0.5) is 0 Å². The predicted octanol–water partition coefficient (Wildman–Crippen LogP) is 1.78. The average Bonchev–Trinajstić information content (AvgIpc) is 2.57. The summed E-state index contributed by atoms with van der Waals surface area (Å²) in [6.07, 6.45) is 1.70. The van der Waals surface area contributed by atoms with Crippen molar-refractivity contribution in [1.82, 2.24) is 9.88 Å². The first kappa shape index (κ1) is 14.1. The number of carbonyl (C=O) groups is 1. The van der Waals surface area contributed by atoms with Crippen LogP contribution in [0.25, 0.3) is 0 Å². The lowest BCUT2D eigenvalue weighted by atomic mass is 9.88. The average molecular weight is 258 g/mol. The van der Waals surface area contributed by atoms with Crippen LogP contribution in [0.3, 0.4) is 0 Å². The first-order valence-electron chi connectivity index (χ1n) is 5.64. The minimum atomic E-state index is -0.409. The number of amides is 1. The van der Waals surface area contributed by atoms with Gasteiger partial charge in [-0.15, -0.1) is 0 Å². The molecule has 0 bridgehead atoms. The van der Waals surface area contributed by atoms with Gasteiger partial charge in [0.25, 0.3) is 5.91 Å². The molecule has 1 rings (SSSR count). The summed E-state index contributed by atoms with van der Waals surface area (Å²) in [5, 5.41) is 3.52. The number of halogens is 1. The minimum absolute atomic E-state index is 0.152. The van der Waals surface area contributed by atoms with Crippen molar-refractivity contribution in [2.45, 2.75) is 26.3 Å². The smallest absolute Gasteiger partial charge is 0.268 e. The zero-order valence-electron chi connectivity index (χ0n) is 10.7. The van der Waals surface area contributed by atoms with E-state index in [1.165, 1.54) is 0 Å². The number of nitrogens with one attached hydrogen (secondary N) is 1. The van der Waals surface area contributed by atoms with E-state index in [2.05, 4.69) is 5.32 Å². The molecular weight excluding hydrogens is 238 g/mol. The highest BCUT2D eigenvalue weighted by Gasteiger charge is 2.29. The van der Waals surface area contributed by atoms with Crippen LogP contribution < -0.4 is 11.1 Å². The van der Waals surface area contributed by atoms with E-state index in [9.17, 15) is 4.79 Å². The molecule has 0 radical (unpaired) electrons. The second-order valence-corrected chi connectivity index (χ2v) is 5.32. The van der Waals surface area contributed by atoms with Gasteiger partial charge in [0.15, 0.2) is 0 Å². The molecule has 0 aliphatic carbocycles. The monoisotopic (exact) mass is 257 g/mol. The molecule has 0 aliphatic rings. The van der Waals surface area contributed by atoms with Gasteiger partial charge in [-0.2, -0.15) is 0 Å². The summed E-state index contributed by atoms with van der Waals surface area (Å²) in [6.45, 7) is 6.41. The predicted molar refractivity (Wildman–Crippen MR) is 70.2 cm³/mol. The van der Waals surface area contributed by atoms with Gasteiger partial charge >= 0.3 is 0 Å². The Morgan fingerprint density at radius 2 is 2.24 bits per heavy atom. The third-order valence-corrected chi connectivity index (χ3v) is 3.51. The molecule has 0 aromatic carbocycles. The van der Waals surface area contributed by atoms with Crippen molar-refractivity contribution in [3.05, 3.63) is 23.0 Å². The SMILES string of the molecule is CC(C)C(C)(CN)NC(=O)c1cc(Cl)cn1C. The largest absolute Gasteiger partial charge is 0.345 e. The Hall–Kier alpha value is -1.00. The van der Waals surface area contributed by atoms with E-state index in [-0.39, 0.29) is 11.8 Å². The van der Waals surface area contributed by atoms with Crippen LogP contribution in [-0.2, 0) is 7.05 Å². The van der Waals surface area contributed by atoms with E-state index >= 15 is 0 Å². The maximum absolute atomic E-state index is 12.1. The summed E-state index contributed by atoms with van der Waals surface area (Å²) in [6, 6.07) is 1.65. The molecule has 0 aliphatic heterocycles. The molecule has 5 heteroatoms. The van der Waals surface area contributed by atoms with Gasteiger partial charge in [-0.05, 0) is 18.9 Å². The fourth-order valence-electron chi connectivity index (χ4n) is 1.50. The number of aryl methyl sites for hydroxylation is 1. The lowest BCUT2D eigenvalue weighted by Crippen LogP contribution is -2.55. The summed E-state index contributed by atoms with van der Waals surface area (Å²) < 4.78 is 1.70. The van der Waals surface area contributed by atoms with Gasteiger partial charge in [0.2, 0.25) is 0 Å². The van der Waals surface area contributed by atoms with Crippen molar-refractivity contribution in [3.63, 3.8) is 0 Å². The molecule has 0 spiro atoms. The normalized spacial score (nSPS) is 14.8. The third-order valence-electron chi connectivity index (χ3n) is 3.30. The molecular formula is C12H20ClN3O. The zero-order valence-corrected chi connectivity index (χ0v) is 11.5. The second kappa shape index (κ2) is 5.10. The van der Waals surface area contributed by atoms with Crippen LogP contribution in [0.15, 0.2) is 12.3 Å². The Balaban J connectivity index is 2.89. The highest BCUT2D eigenvalue weighted by molar-refractivity contribution is 6.31. The highest BCUT2D eigenvalue weighted by Crippen LogP contribution is 2.17. The zero-order chi connectivity index (χ0) is 13.2. The number of hydrogen-bond acceptors (Lipinski definition) is 2. The van der Waals surface area contributed by atoms with E-state index in [1.54, 1.807) is 23.9 Å². The number of nitrogens with two attached hydrogens (primary N) is 1. The maximum atomic E-state index is 12.1. The topological polar surface area (TPSA) is 60.0 Å². The van der Waals surface area contributed by atoms with Gasteiger partial charge in [0.1, 0.15) is 5.69 Å². The fraction of sp³-hybridized carbons (Fsp3) is 0.583. The van der Waals surface area contributed by atoms with Gasteiger partial charge in [0, 0.05) is 19.8 Å². The molecule has 1 amide bonds. The number of hydrogen-bond donors (Lipinski definition) is 2. The van der Waals surface area contributed by atoms with Crippen molar-refractivity contribution in [3.8, 4) is 0 Å². The van der Waals surface area contributed by atoms with Crippen LogP contribution in [0.2, 0.25) is 5.02 Å². The van der Waals surface area contributed by atoms with Crippen LogP contribution in [-0.4, -0.2) is 22.6 Å². The van der Waals surface area contributed by atoms with Crippen molar-refractivity contribution in [1.29, 1.82) is 0 Å². The van der Waals surface area contributed by atoms with E-state index in [0.717, 1.165) is 0 Å². The van der Waals surface area contributed by atoms with Gasteiger partial charge in [-0.1, -0.05) is 25.4 Å². The van der Waals surface area contributed by atoms with Crippen molar-refractivity contribution in [2.75, 3.05) is 6.54 Å². The molecule has 1 aromatic heterocycles. The molecule has 1 unspecified atom stereocenters. The van der Waals surface area contributed by atoms with E-state index < -0.39 is 5.54 Å². The first-order valence-corrected chi connectivity index (χ1v) is 6.02. The van der Waals surface area contributed by atoms with Gasteiger partial charge < -0.3 is 15.6 Å². The fourth-order valence-corrected chi connectivity index (χ4v) is 1.75. The summed E-state index contributed by atoms with van der Waals surface area (Å²) >= 11 is 5.85. The molecule has 0 fully saturated rings. The number of carbonyl (C=O) groups excluding carboxylic acids is 1. The maximum Gasteiger partial charge on any atom is 0.268 e. The van der Waals surface area contributed by atoms with E-state index in [4.69, 9.17) is 17.3 Å². The summed E-state index contributed by atoms with van der Waals surface area (Å²) in [5.74, 6) is 0.105. The quantitative estimate of drug-likeness (QED) is 0.864. The summed E-state index contributed by atoms with van der Waals surface area (Å²) in [5.41, 5.74) is 5.86. The molecule has 4 nitrogen and oxygen atoms in total. The Morgan fingerprint density at radius 1 is 1.65 bits per heavy atom. The molecule has 0 saturated carbocycles. The van der Waals surface area contributed by atoms with E-state index in [1.807, 2.05) is 20.8 Å².